The first-order valence-electron chi connectivity index (χ1n) is 13.8. The monoisotopic (exact) mass is 471 g/mol. The van der Waals surface area contributed by atoms with Crippen molar-refractivity contribution in [2.45, 2.75) is 27.6 Å². The van der Waals surface area contributed by atoms with Crippen LogP contribution in [0.1, 0.15) is 26.4 Å². The zero-order valence-corrected chi connectivity index (χ0v) is 21.0. The molecule has 0 radical (unpaired) electrons. The molecule has 0 aliphatic rings. The summed E-state index contributed by atoms with van der Waals surface area (Å²) in [6.07, 6.45) is 2.00. The van der Waals surface area contributed by atoms with Crippen molar-refractivity contribution in [3.05, 3.63) is 113 Å². The van der Waals surface area contributed by atoms with Gasteiger partial charge in [0.05, 0.1) is 11.1 Å². The van der Waals surface area contributed by atoms with E-state index in [-0.39, 0.29) is 0 Å². The summed E-state index contributed by atoms with van der Waals surface area (Å²) in [5.74, 6) is 0. The lowest BCUT2D eigenvalue weighted by Gasteiger charge is -2.16. The Morgan fingerprint density at radius 2 is 1.47 bits per heavy atom. The SMILES string of the molecule is [2H]C([2H])([2H])c1cc(-c2ccc(C)cc2)cc(C)c1-c1ccc[n+](C)c1-c1c(C)ccc2c1oc1ccccc12. The van der Waals surface area contributed by atoms with Crippen LogP contribution in [0.15, 0.2) is 95.5 Å². The van der Waals surface area contributed by atoms with Gasteiger partial charge < -0.3 is 4.42 Å². The van der Waals surface area contributed by atoms with Crippen LogP contribution in [0.25, 0.3) is 55.4 Å². The van der Waals surface area contributed by atoms with E-state index in [1.165, 1.54) is 5.56 Å². The van der Waals surface area contributed by atoms with Gasteiger partial charge in [0.15, 0.2) is 6.20 Å². The van der Waals surface area contributed by atoms with Crippen molar-refractivity contribution < 1.29 is 13.1 Å². The standard InChI is InChI=1S/C34H30NO/c1-21-12-15-25(16-13-21)26-19-23(3)31(24(4)20-26)29-10-8-18-35(5)33(29)32-22(2)14-17-28-27-9-6-7-11-30(27)36-34(28)32/h6-20H,1-5H3/q+1/i3D3. The minimum atomic E-state index is -2.30. The summed E-state index contributed by atoms with van der Waals surface area (Å²) in [6, 6.07) is 28.4. The third kappa shape index (κ3) is 3.53. The molecule has 0 aliphatic heterocycles. The molecule has 0 atom stereocenters. The molecule has 6 rings (SSSR count). The zero-order chi connectivity index (χ0) is 27.5. The number of hydrogen-bond acceptors (Lipinski definition) is 1. The fourth-order valence-electron chi connectivity index (χ4n) is 5.36. The second-order valence-electron chi connectivity index (χ2n) is 9.70. The second-order valence-corrected chi connectivity index (χ2v) is 9.70. The van der Waals surface area contributed by atoms with Crippen molar-refractivity contribution in [1.82, 2.24) is 0 Å². The number of furan rings is 1. The fourth-order valence-corrected chi connectivity index (χ4v) is 5.36. The largest absolute Gasteiger partial charge is 0.455 e. The Balaban J connectivity index is 1.67. The summed E-state index contributed by atoms with van der Waals surface area (Å²) in [5, 5.41) is 2.11. The number of pyridine rings is 1. The van der Waals surface area contributed by atoms with Gasteiger partial charge in [-0.05, 0) is 73.1 Å². The van der Waals surface area contributed by atoms with Gasteiger partial charge in [-0.3, -0.25) is 0 Å². The highest BCUT2D eigenvalue weighted by Gasteiger charge is 2.26. The van der Waals surface area contributed by atoms with E-state index in [2.05, 4.69) is 47.9 Å². The lowest BCUT2D eigenvalue weighted by Crippen LogP contribution is -2.31. The van der Waals surface area contributed by atoms with Gasteiger partial charge in [-0.2, -0.15) is 0 Å². The summed E-state index contributed by atoms with van der Waals surface area (Å²) in [4.78, 5) is 0. The van der Waals surface area contributed by atoms with Gasteiger partial charge in [-0.15, -0.1) is 0 Å². The van der Waals surface area contributed by atoms with Gasteiger partial charge in [0.2, 0.25) is 5.69 Å². The predicted molar refractivity (Wildman–Crippen MR) is 150 cm³/mol. The number of rotatable bonds is 3. The number of aromatic nitrogens is 1. The minimum Gasteiger partial charge on any atom is -0.455 e. The van der Waals surface area contributed by atoms with E-state index in [1.54, 1.807) is 0 Å². The Morgan fingerprint density at radius 3 is 2.28 bits per heavy atom. The number of nitrogens with zero attached hydrogens (tertiary/aromatic N) is 1. The number of para-hydroxylation sites is 1. The van der Waals surface area contributed by atoms with Gasteiger partial charge in [-0.1, -0.05) is 72.3 Å². The molecule has 2 nitrogen and oxygen atoms in total. The van der Waals surface area contributed by atoms with E-state index < -0.39 is 6.85 Å². The van der Waals surface area contributed by atoms with Crippen molar-refractivity contribution in [2.75, 3.05) is 0 Å². The van der Waals surface area contributed by atoms with Crippen molar-refractivity contribution >= 4 is 21.9 Å². The molecule has 4 aromatic carbocycles. The summed E-state index contributed by atoms with van der Waals surface area (Å²) >= 11 is 0. The molecule has 36 heavy (non-hydrogen) atoms. The van der Waals surface area contributed by atoms with E-state index >= 15 is 0 Å². The first-order valence-corrected chi connectivity index (χ1v) is 12.3. The number of benzene rings is 4. The summed E-state index contributed by atoms with van der Waals surface area (Å²) < 4.78 is 34.1. The van der Waals surface area contributed by atoms with Gasteiger partial charge >= 0.3 is 0 Å². The highest BCUT2D eigenvalue weighted by molar-refractivity contribution is 6.10. The highest BCUT2D eigenvalue weighted by Crippen LogP contribution is 2.42. The van der Waals surface area contributed by atoms with Gasteiger partial charge in [0, 0.05) is 21.0 Å². The van der Waals surface area contributed by atoms with Crippen LogP contribution in [0.5, 0.6) is 0 Å². The molecule has 0 amide bonds. The molecule has 0 spiro atoms. The van der Waals surface area contributed by atoms with E-state index in [0.717, 1.165) is 66.6 Å². The second kappa shape index (κ2) is 8.49. The summed E-state index contributed by atoms with van der Waals surface area (Å²) in [6.45, 7) is 3.84. The third-order valence-corrected chi connectivity index (χ3v) is 7.16. The van der Waals surface area contributed by atoms with Crippen LogP contribution in [0.4, 0.5) is 0 Å². The van der Waals surface area contributed by atoms with Gasteiger partial charge in [0.25, 0.3) is 0 Å². The topological polar surface area (TPSA) is 17.0 Å². The van der Waals surface area contributed by atoms with Crippen LogP contribution >= 0.6 is 0 Å². The maximum atomic E-state index is 8.54. The molecule has 0 saturated heterocycles. The molecule has 0 fully saturated rings. The Bertz CT molecular complexity index is 1880. The molecule has 0 aliphatic carbocycles. The van der Waals surface area contributed by atoms with Gasteiger partial charge in [-0.25, -0.2) is 4.57 Å². The van der Waals surface area contributed by atoms with E-state index in [4.69, 9.17) is 8.53 Å². The molecule has 0 N–H and O–H groups in total. The van der Waals surface area contributed by atoms with Crippen molar-refractivity contribution in [2.24, 2.45) is 7.05 Å². The van der Waals surface area contributed by atoms with Crippen molar-refractivity contribution in [3.8, 4) is 33.5 Å². The molecular weight excluding hydrogens is 438 g/mol. The lowest BCUT2D eigenvalue weighted by molar-refractivity contribution is -0.659. The minimum absolute atomic E-state index is 0.347. The molecule has 0 bridgehead atoms. The fraction of sp³-hybridized carbons (Fsp3) is 0.147. The Morgan fingerprint density at radius 1 is 0.694 bits per heavy atom. The molecule has 0 saturated carbocycles. The smallest absolute Gasteiger partial charge is 0.224 e. The zero-order valence-electron chi connectivity index (χ0n) is 24.0. The van der Waals surface area contributed by atoms with Gasteiger partial charge in [0.1, 0.15) is 18.2 Å². The maximum absolute atomic E-state index is 8.54. The molecule has 6 aromatic rings. The van der Waals surface area contributed by atoms with Crippen LogP contribution in [0.3, 0.4) is 0 Å². The first kappa shape index (κ1) is 19.1. The van der Waals surface area contributed by atoms with E-state index in [9.17, 15) is 0 Å². The predicted octanol–water partition coefficient (Wildman–Crippen LogP) is 8.65. The average molecular weight is 472 g/mol. The molecule has 2 heteroatoms. The van der Waals surface area contributed by atoms with Crippen LogP contribution in [-0.2, 0) is 7.05 Å². The Hall–Kier alpha value is -4.17. The molecule has 176 valence electrons. The summed E-state index contributed by atoms with van der Waals surface area (Å²) in [7, 11) is 2.00. The highest BCUT2D eigenvalue weighted by atomic mass is 16.3. The number of hydrogen-bond donors (Lipinski definition) is 0. The lowest BCUT2D eigenvalue weighted by atomic mass is 9.88. The number of fused-ring (bicyclic) bond motifs is 3. The quantitative estimate of drug-likeness (QED) is 0.236. The molecule has 2 aromatic heterocycles. The first-order chi connectivity index (χ1) is 18.6. The maximum Gasteiger partial charge on any atom is 0.224 e. The van der Waals surface area contributed by atoms with Crippen molar-refractivity contribution in [1.29, 1.82) is 0 Å². The normalized spacial score (nSPS) is 13.1. The third-order valence-electron chi connectivity index (χ3n) is 7.16. The van der Waals surface area contributed by atoms with Crippen LogP contribution in [-0.4, -0.2) is 0 Å². The number of aryl methyl sites for hydroxylation is 5. The van der Waals surface area contributed by atoms with E-state index in [1.807, 2.05) is 75.6 Å². The Kier molecular flexibility index (Phi) is 4.50. The molecule has 0 unspecified atom stereocenters. The van der Waals surface area contributed by atoms with Crippen molar-refractivity contribution in [3.63, 3.8) is 0 Å². The Labute approximate surface area is 216 Å². The molecular formula is C34H30NO+. The van der Waals surface area contributed by atoms with E-state index in [0.29, 0.717) is 5.56 Å². The van der Waals surface area contributed by atoms with Crippen LogP contribution in [0, 0.1) is 27.6 Å². The van der Waals surface area contributed by atoms with Crippen LogP contribution in [0.2, 0.25) is 0 Å². The molecule has 2 heterocycles. The summed E-state index contributed by atoms with van der Waals surface area (Å²) in [5.41, 5.74) is 10.6. The average Bonchev–Trinajstić information content (AvgIpc) is 3.27. The van der Waals surface area contributed by atoms with Crippen LogP contribution < -0.4 is 4.57 Å².